The average Bonchev–Trinajstić information content (AvgIpc) is 2.42. The van der Waals surface area contributed by atoms with Gasteiger partial charge in [0.2, 0.25) is 0 Å². The van der Waals surface area contributed by atoms with E-state index in [1.54, 1.807) is 30.3 Å². The van der Waals surface area contributed by atoms with Crippen molar-refractivity contribution >= 4 is 45.1 Å². The van der Waals surface area contributed by atoms with Crippen molar-refractivity contribution in [3.63, 3.8) is 0 Å². The van der Waals surface area contributed by atoms with Gasteiger partial charge < -0.3 is 10.4 Å². The lowest BCUT2D eigenvalue weighted by Crippen LogP contribution is -2.14. The van der Waals surface area contributed by atoms with Crippen molar-refractivity contribution in [3.8, 4) is 0 Å². The number of anilines is 1. The van der Waals surface area contributed by atoms with E-state index in [-0.39, 0.29) is 11.3 Å². The summed E-state index contributed by atoms with van der Waals surface area (Å²) in [6.07, 6.45) is 0. The number of para-hydroxylation sites is 1. The van der Waals surface area contributed by atoms with Crippen LogP contribution in [-0.2, 0) is 0 Å². The lowest BCUT2D eigenvalue weighted by molar-refractivity contribution is 0.0698. The zero-order valence-corrected chi connectivity index (χ0v) is 12.4. The molecule has 0 aromatic heterocycles. The molecule has 0 aliphatic carbocycles. The molecule has 0 unspecified atom stereocenters. The maximum atomic E-state index is 12.1. The third kappa shape index (κ3) is 3.18. The van der Waals surface area contributed by atoms with Crippen molar-refractivity contribution in [1.29, 1.82) is 0 Å². The normalized spacial score (nSPS) is 10.1. The molecule has 0 atom stereocenters. The Morgan fingerprint density at radius 2 is 1.85 bits per heavy atom. The van der Waals surface area contributed by atoms with Crippen molar-refractivity contribution in [2.24, 2.45) is 0 Å². The minimum atomic E-state index is -1.10. The summed E-state index contributed by atoms with van der Waals surface area (Å²) in [5.41, 5.74) is 0.659. The zero-order valence-electron chi connectivity index (χ0n) is 10.1. The predicted octanol–water partition coefficient (Wildman–Crippen LogP) is 4.05. The highest BCUT2D eigenvalue weighted by molar-refractivity contribution is 9.10. The summed E-state index contributed by atoms with van der Waals surface area (Å²) in [6.45, 7) is 0. The molecule has 0 spiro atoms. The van der Waals surface area contributed by atoms with Crippen molar-refractivity contribution in [2.45, 2.75) is 0 Å². The highest BCUT2D eigenvalue weighted by Gasteiger charge is 2.13. The largest absolute Gasteiger partial charge is 0.478 e. The Labute approximate surface area is 128 Å². The molecule has 0 saturated carbocycles. The summed E-state index contributed by atoms with van der Waals surface area (Å²) >= 11 is 9.09. The summed E-state index contributed by atoms with van der Waals surface area (Å²) in [5.74, 6) is -1.51. The smallest absolute Gasteiger partial charge is 0.337 e. The van der Waals surface area contributed by atoms with Crippen LogP contribution in [0.25, 0.3) is 0 Å². The highest BCUT2D eigenvalue weighted by atomic mass is 79.9. The summed E-state index contributed by atoms with van der Waals surface area (Å²) in [4.78, 5) is 23.1. The van der Waals surface area contributed by atoms with E-state index in [0.717, 1.165) is 0 Å². The number of amides is 1. The van der Waals surface area contributed by atoms with Crippen LogP contribution < -0.4 is 5.32 Å². The Kier molecular flexibility index (Phi) is 4.42. The van der Waals surface area contributed by atoms with Gasteiger partial charge in [-0.05, 0) is 46.3 Å². The van der Waals surface area contributed by atoms with Crippen LogP contribution in [0.15, 0.2) is 46.9 Å². The number of hydrogen-bond acceptors (Lipinski definition) is 2. The van der Waals surface area contributed by atoms with E-state index in [1.165, 1.54) is 12.1 Å². The third-order valence-electron chi connectivity index (χ3n) is 2.59. The van der Waals surface area contributed by atoms with E-state index in [1.807, 2.05) is 0 Å². The summed E-state index contributed by atoms with van der Waals surface area (Å²) in [6, 6.07) is 10.9. The Balaban J connectivity index is 2.28. The van der Waals surface area contributed by atoms with E-state index in [4.69, 9.17) is 16.7 Å². The van der Waals surface area contributed by atoms with Gasteiger partial charge >= 0.3 is 5.97 Å². The lowest BCUT2D eigenvalue weighted by atomic mass is 10.1. The summed E-state index contributed by atoms with van der Waals surface area (Å²) in [5, 5.41) is 12.1. The number of carbonyl (C=O) groups is 2. The highest BCUT2D eigenvalue weighted by Crippen LogP contribution is 2.24. The average molecular weight is 355 g/mol. The number of carbonyl (C=O) groups excluding carboxylic acids is 1. The molecule has 0 fully saturated rings. The Morgan fingerprint density at radius 1 is 1.15 bits per heavy atom. The van der Waals surface area contributed by atoms with Gasteiger partial charge in [0.05, 0.1) is 16.3 Å². The lowest BCUT2D eigenvalue weighted by Gasteiger charge is -2.08. The number of aromatic carboxylic acids is 1. The molecule has 1 amide bonds. The predicted molar refractivity (Wildman–Crippen MR) is 80.5 cm³/mol. The van der Waals surface area contributed by atoms with E-state index < -0.39 is 11.9 Å². The van der Waals surface area contributed by atoms with Crippen molar-refractivity contribution in [3.05, 3.63) is 63.1 Å². The number of carboxylic acids is 1. The van der Waals surface area contributed by atoms with Crippen LogP contribution in [-0.4, -0.2) is 17.0 Å². The molecule has 0 bridgehead atoms. The molecular weight excluding hydrogens is 346 g/mol. The Hall–Kier alpha value is -1.85. The molecule has 2 aromatic carbocycles. The fourth-order valence-corrected chi connectivity index (χ4v) is 2.11. The maximum absolute atomic E-state index is 12.1. The van der Waals surface area contributed by atoms with Gasteiger partial charge in [-0.2, -0.15) is 0 Å². The van der Waals surface area contributed by atoms with Gasteiger partial charge in [0, 0.05) is 10.0 Å². The molecule has 4 nitrogen and oxygen atoms in total. The van der Waals surface area contributed by atoms with Crippen LogP contribution in [0.5, 0.6) is 0 Å². The Bertz CT molecular complexity index is 688. The summed E-state index contributed by atoms with van der Waals surface area (Å²) in [7, 11) is 0. The quantitative estimate of drug-likeness (QED) is 0.874. The molecule has 0 radical (unpaired) electrons. The number of nitrogens with one attached hydrogen (secondary N) is 1. The first kappa shape index (κ1) is 14.6. The second-order valence-corrected chi connectivity index (χ2v) is 5.20. The van der Waals surface area contributed by atoms with Crippen LogP contribution in [0.3, 0.4) is 0 Å². The van der Waals surface area contributed by atoms with Crippen molar-refractivity contribution in [1.82, 2.24) is 0 Å². The molecule has 0 saturated heterocycles. The first-order chi connectivity index (χ1) is 9.49. The molecular formula is C14H9BrClNO3. The standard InChI is InChI=1S/C14H9BrClNO3/c15-10-7-8(5-6-11(10)16)13(18)17-12-4-2-1-3-9(12)14(19)20/h1-7H,(H,17,18)(H,19,20). The maximum Gasteiger partial charge on any atom is 0.337 e. The molecule has 2 aromatic rings. The van der Waals surface area contributed by atoms with Gasteiger partial charge in [-0.25, -0.2) is 4.79 Å². The molecule has 2 rings (SSSR count). The third-order valence-corrected chi connectivity index (χ3v) is 3.80. The van der Waals surface area contributed by atoms with Crippen LogP contribution in [0, 0.1) is 0 Å². The van der Waals surface area contributed by atoms with Gasteiger partial charge in [-0.1, -0.05) is 23.7 Å². The molecule has 2 N–H and O–H groups in total. The van der Waals surface area contributed by atoms with E-state index >= 15 is 0 Å². The molecule has 20 heavy (non-hydrogen) atoms. The van der Waals surface area contributed by atoms with Gasteiger partial charge in [-0.15, -0.1) is 0 Å². The summed E-state index contributed by atoms with van der Waals surface area (Å²) < 4.78 is 0.596. The monoisotopic (exact) mass is 353 g/mol. The molecule has 0 aliphatic heterocycles. The molecule has 0 aliphatic rings. The van der Waals surface area contributed by atoms with Crippen LogP contribution in [0.4, 0.5) is 5.69 Å². The van der Waals surface area contributed by atoms with Crippen molar-refractivity contribution < 1.29 is 14.7 Å². The van der Waals surface area contributed by atoms with Gasteiger partial charge in [0.1, 0.15) is 0 Å². The second kappa shape index (κ2) is 6.07. The van der Waals surface area contributed by atoms with Gasteiger partial charge in [0.15, 0.2) is 0 Å². The van der Waals surface area contributed by atoms with Gasteiger partial charge in [-0.3, -0.25) is 4.79 Å². The van der Waals surface area contributed by atoms with Crippen LogP contribution in [0.1, 0.15) is 20.7 Å². The number of benzene rings is 2. The molecule has 102 valence electrons. The van der Waals surface area contributed by atoms with Crippen LogP contribution in [0.2, 0.25) is 5.02 Å². The first-order valence-corrected chi connectivity index (χ1v) is 6.75. The van der Waals surface area contributed by atoms with E-state index in [2.05, 4.69) is 21.2 Å². The number of carboxylic acid groups (broad SMARTS) is 1. The second-order valence-electron chi connectivity index (χ2n) is 3.93. The number of halogens is 2. The van der Waals surface area contributed by atoms with E-state index in [9.17, 15) is 9.59 Å². The van der Waals surface area contributed by atoms with Gasteiger partial charge in [0.25, 0.3) is 5.91 Å². The molecule has 6 heteroatoms. The fourth-order valence-electron chi connectivity index (χ4n) is 1.61. The van der Waals surface area contributed by atoms with Crippen LogP contribution >= 0.6 is 27.5 Å². The fraction of sp³-hybridized carbons (Fsp3) is 0. The van der Waals surface area contributed by atoms with E-state index in [0.29, 0.717) is 15.1 Å². The number of hydrogen-bond donors (Lipinski definition) is 2. The SMILES string of the molecule is O=C(Nc1ccccc1C(=O)O)c1ccc(Cl)c(Br)c1. The molecule has 0 heterocycles. The minimum absolute atomic E-state index is 0.0360. The van der Waals surface area contributed by atoms with Crippen molar-refractivity contribution in [2.75, 3.05) is 5.32 Å². The number of rotatable bonds is 3. The minimum Gasteiger partial charge on any atom is -0.478 e. The first-order valence-electron chi connectivity index (χ1n) is 5.58. The zero-order chi connectivity index (χ0) is 14.7. The topological polar surface area (TPSA) is 66.4 Å². The Morgan fingerprint density at radius 3 is 2.50 bits per heavy atom.